The fourth-order valence-corrected chi connectivity index (χ4v) is 2.35. The number of carbonyl (C=O) groups excluding carboxylic acids is 1. The molecule has 1 aromatic rings. The molecule has 1 aliphatic rings. The van der Waals surface area contributed by atoms with Gasteiger partial charge in [0, 0.05) is 18.4 Å². The second kappa shape index (κ2) is 4.75. The molecule has 2 nitrogen and oxygen atoms in total. The first kappa shape index (κ1) is 12.5. The van der Waals surface area contributed by atoms with Crippen molar-refractivity contribution >= 4 is 17.4 Å². The third-order valence-corrected chi connectivity index (χ3v) is 3.74. The van der Waals surface area contributed by atoms with Gasteiger partial charge in [-0.05, 0) is 30.9 Å². The maximum atomic E-state index is 13.2. The standard InChI is InChI=1S/C13H15ClFNO/c14-12-9(3-1-4-11(12)15)7-10(17)8-13(16)5-2-6-13/h1,3-4H,2,5-8,16H2. The zero-order valence-corrected chi connectivity index (χ0v) is 10.3. The highest BCUT2D eigenvalue weighted by molar-refractivity contribution is 6.31. The van der Waals surface area contributed by atoms with Gasteiger partial charge in [0.15, 0.2) is 0 Å². The first-order valence-electron chi connectivity index (χ1n) is 5.74. The van der Waals surface area contributed by atoms with Gasteiger partial charge in [-0.3, -0.25) is 4.79 Å². The number of benzene rings is 1. The molecule has 0 aliphatic heterocycles. The van der Waals surface area contributed by atoms with Crippen LogP contribution in [0, 0.1) is 5.82 Å². The van der Waals surface area contributed by atoms with Gasteiger partial charge in [-0.2, -0.15) is 0 Å². The Hall–Kier alpha value is -0.930. The van der Waals surface area contributed by atoms with Crippen molar-refractivity contribution in [2.75, 3.05) is 0 Å². The van der Waals surface area contributed by atoms with Gasteiger partial charge in [0.1, 0.15) is 11.6 Å². The Morgan fingerprint density at radius 2 is 2.18 bits per heavy atom. The van der Waals surface area contributed by atoms with Gasteiger partial charge in [0.25, 0.3) is 0 Å². The normalized spacial score (nSPS) is 17.6. The molecule has 0 bridgehead atoms. The second-order valence-electron chi connectivity index (χ2n) is 4.82. The van der Waals surface area contributed by atoms with E-state index in [9.17, 15) is 9.18 Å². The number of Topliss-reactive ketones (excluding diaryl/α,β-unsaturated/α-hetero) is 1. The SMILES string of the molecule is NC1(CC(=O)Cc2cccc(F)c2Cl)CCC1. The third kappa shape index (κ3) is 2.85. The molecule has 1 aliphatic carbocycles. The average molecular weight is 256 g/mol. The molecule has 0 heterocycles. The van der Waals surface area contributed by atoms with Gasteiger partial charge >= 0.3 is 0 Å². The summed E-state index contributed by atoms with van der Waals surface area (Å²) in [4.78, 5) is 11.8. The molecule has 4 heteroatoms. The van der Waals surface area contributed by atoms with Crippen LogP contribution in [-0.4, -0.2) is 11.3 Å². The maximum absolute atomic E-state index is 13.2. The van der Waals surface area contributed by atoms with Crippen LogP contribution in [0.15, 0.2) is 18.2 Å². The summed E-state index contributed by atoms with van der Waals surface area (Å²) in [7, 11) is 0. The smallest absolute Gasteiger partial charge is 0.142 e. The van der Waals surface area contributed by atoms with Gasteiger partial charge in [-0.1, -0.05) is 23.7 Å². The van der Waals surface area contributed by atoms with Crippen LogP contribution >= 0.6 is 11.6 Å². The van der Waals surface area contributed by atoms with Crippen molar-refractivity contribution in [2.24, 2.45) is 5.73 Å². The first-order valence-corrected chi connectivity index (χ1v) is 6.11. The first-order chi connectivity index (χ1) is 8.00. The molecule has 0 spiro atoms. The molecule has 0 saturated heterocycles. The van der Waals surface area contributed by atoms with E-state index in [-0.39, 0.29) is 22.8 Å². The number of carbonyl (C=O) groups is 1. The maximum Gasteiger partial charge on any atom is 0.142 e. The lowest BCUT2D eigenvalue weighted by molar-refractivity contribution is -0.120. The van der Waals surface area contributed by atoms with E-state index in [1.165, 1.54) is 6.07 Å². The average Bonchev–Trinajstić information content (AvgIpc) is 2.22. The molecule has 1 aromatic carbocycles. The molecular formula is C13H15ClFNO. The predicted molar refractivity (Wildman–Crippen MR) is 65.5 cm³/mol. The number of halogens is 2. The van der Waals surface area contributed by atoms with Crippen LogP contribution in [0.1, 0.15) is 31.2 Å². The largest absolute Gasteiger partial charge is 0.325 e. The zero-order chi connectivity index (χ0) is 12.5. The van der Waals surface area contributed by atoms with E-state index in [0.717, 1.165) is 19.3 Å². The number of hydrogen-bond donors (Lipinski definition) is 1. The van der Waals surface area contributed by atoms with E-state index in [2.05, 4.69) is 0 Å². The van der Waals surface area contributed by atoms with Crippen LogP contribution in [-0.2, 0) is 11.2 Å². The van der Waals surface area contributed by atoms with Gasteiger partial charge < -0.3 is 5.73 Å². The van der Waals surface area contributed by atoms with Gasteiger partial charge in [-0.25, -0.2) is 4.39 Å². The fourth-order valence-electron chi connectivity index (χ4n) is 2.16. The summed E-state index contributed by atoms with van der Waals surface area (Å²) >= 11 is 5.80. The number of rotatable bonds is 4. The molecule has 0 radical (unpaired) electrons. The van der Waals surface area contributed by atoms with Crippen LogP contribution in [0.25, 0.3) is 0 Å². The van der Waals surface area contributed by atoms with E-state index in [0.29, 0.717) is 12.0 Å². The second-order valence-corrected chi connectivity index (χ2v) is 5.20. The van der Waals surface area contributed by atoms with E-state index in [4.69, 9.17) is 17.3 Å². The summed E-state index contributed by atoms with van der Waals surface area (Å²) in [6, 6.07) is 4.52. The lowest BCUT2D eigenvalue weighted by Crippen LogP contribution is -2.48. The van der Waals surface area contributed by atoms with Crippen LogP contribution in [0.2, 0.25) is 5.02 Å². The predicted octanol–water partition coefficient (Wildman–Crippen LogP) is 2.86. The van der Waals surface area contributed by atoms with Gasteiger partial charge in [0.05, 0.1) is 5.02 Å². The molecule has 17 heavy (non-hydrogen) atoms. The van der Waals surface area contributed by atoms with Crippen LogP contribution < -0.4 is 5.73 Å². The quantitative estimate of drug-likeness (QED) is 0.899. The van der Waals surface area contributed by atoms with Crippen LogP contribution in [0.5, 0.6) is 0 Å². The molecule has 1 fully saturated rings. The molecule has 0 unspecified atom stereocenters. The molecule has 1 saturated carbocycles. The minimum atomic E-state index is -0.483. The van der Waals surface area contributed by atoms with Gasteiger partial charge in [0.2, 0.25) is 0 Å². The van der Waals surface area contributed by atoms with Crippen LogP contribution in [0.3, 0.4) is 0 Å². The molecule has 92 valence electrons. The van der Waals surface area contributed by atoms with Crippen molar-refractivity contribution in [3.8, 4) is 0 Å². The molecule has 0 amide bonds. The Balaban J connectivity index is 2.00. The summed E-state index contributed by atoms with van der Waals surface area (Å²) < 4.78 is 13.2. The molecule has 0 atom stereocenters. The highest BCUT2D eigenvalue weighted by atomic mass is 35.5. The van der Waals surface area contributed by atoms with Crippen molar-refractivity contribution in [2.45, 2.75) is 37.6 Å². The summed E-state index contributed by atoms with van der Waals surface area (Å²) in [5.41, 5.74) is 6.22. The lowest BCUT2D eigenvalue weighted by Gasteiger charge is -2.37. The Kier molecular flexibility index (Phi) is 3.50. The number of nitrogens with two attached hydrogens (primary N) is 1. The van der Waals surface area contributed by atoms with E-state index < -0.39 is 5.82 Å². The van der Waals surface area contributed by atoms with E-state index >= 15 is 0 Å². The highest BCUT2D eigenvalue weighted by Crippen LogP contribution is 2.33. The molecular weight excluding hydrogens is 241 g/mol. The summed E-state index contributed by atoms with van der Waals surface area (Å²) in [5, 5.41) is 0.0422. The van der Waals surface area contributed by atoms with E-state index in [1.54, 1.807) is 12.1 Å². The van der Waals surface area contributed by atoms with Gasteiger partial charge in [-0.15, -0.1) is 0 Å². The molecule has 2 N–H and O–H groups in total. The zero-order valence-electron chi connectivity index (χ0n) is 9.51. The Bertz CT molecular complexity index is 443. The number of hydrogen-bond acceptors (Lipinski definition) is 2. The number of ketones is 1. The summed E-state index contributed by atoms with van der Waals surface area (Å²) in [5.74, 6) is -0.456. The third-order valence-electron chi connectivity index (χ3n) is 3.32. The Morgan fingerprint density at radius 3 is 2.76 bits per heavy atom. The fraction of sp³-hybridized carbons (Fsp3) is 0.462. The van der Waals surface area contributed by atoms with E-state index in [1.807, 2.05) is 0 Å². The Labute approximate surface area is 105 Å². The highest BCUT2D eigenvalue weighted by Gasteiger charge is 2.34. The van der Waals surface area contributed by atoms with Crippen molar-refractivity contribution in [1.29, 1.82) is 0 Å². The van der Waals surface area contributed by atoms with Crippen LogP contribution in [0.4, 0.5) is 4.39 Å². The van der Waals surface area contributed by atoms with Crippen molar-refractivity contribution < 1.29 is 9.18 Å². The van der Waals surface area contributed by atoms with Crippen molar-refractivity contribution in [3.63, 3.8) is 0 Å². The monoisotopic (exact) mass is 255 g/mol. The topological polar surface area (TPSA) is 43.1 Å². The molecule has 0 aromatic heterocycles. The summed E-state index contributed by atoms with van der Waals surface area (Å²) in [6.45, 7) is 0. The van der Waals surface area contributed by atoms with Crippen molar-refractivity contribution in [3.05, 3.63) is 34.6 Å². The summed E-state index contributed by atoms with van der Waals surface area (Å²) in [6.07, 6.45) is 3.41. The van der Waals surface area contributed by atoms with Crippen molar-refractivity contribution in [1.82, 2.24) is 0 Å². The molecule has 2 rings (SSSR count). The minimum Gasteiger partial charge on any atom is -0.325 e. The lowest BCUT2D eigenvalue weighted by atomic mass is 9.74. The Morgan fingerprint density at radius 1 is 1.47 bits per heavy atom. The minimum absolute atomic E-state index is 0.0275.